The van der Waals surface area contributed by atoms with E-state index in [1.807, 2.05) is 20.0 Å². The largest absolute Gasteiger partial charge is 0.486 e. The smallest absolute Gasteiger partial charge is 0.251 e. The fourth-order valence-corrected chi connectivity index (χ4v) is 5.62. The van der Waals surface area contributed by atoms with Crippen molar-refractivity contribution in [2.75, 3.05) is 32.0 Å². The molecule has 1 saturated heterocycles. The number of aliphatic hydroxyl groups is 1. The van der Waals surface area contributed by atoms with Crippen molar-refractivity contribution in [2.45, 2.75) is 48.9 Å². The Bertz CT molecular complexity index is 1240. The molecule has 184 valence electrons. The zero-order valence-corrected chi connectivity index (χ0v) is 20.8. The molecule has 5 rings (SSSR count). The Hall–Kier alpha value is -2.99. The zero-order chi connectivity index (χ0) is 24.5. The van der Waals surface area contributed by atoms with E-state index in [2.05, 4.69) is 14.5 Å². The average Bonchev–Trinajstić information content (AvgIpc) is 3.21. The van der Waals surface area contributed by atoms with Crippen LogP contribution in [0.3, 0.4) is 0 Å². The molecule has 4 heterocycles. The number of hydrogen-bond donors (Lipinski definition) is 2. The number of hydrogen-bond acceptors (Lipinski definition) is 9. The van der Waals surface area contributed by atoms with E-state index in [1.165, 1.54) is 13.3 Å². The predicted molar refractivity (Wildman–Crippen MR) is 135 cm³/mol. The molecule has 0 aliphatic carbocycles. The second-order valence-electron chi connectivity index (χ2n) is 9.07. The van der Waals surface area contributed by atoms with E-state index in [0.717, 1.165) is 58.5 Å². The van der Waals surface area contributed by atoms with Crippen molar-refractivity contribution in [1.82, 2.24) is 24.4 Å². The van der Waals surface area contributed by atoms with Gasteiger partial charge in [-0.2, -0.15) is 0 Å². The number of amides is 1. The van der Waals surface area contributed by atoms with E-state index in [-0.39, 0.29) is 5.91 Å². The van der Waals surface area contributed by atoms with E-state index in [1.54, 1.807) is 16.7 Å². The number of rotatable bonds is 6. The Labute approximate surface area is 208 Å². The van der Waals surface area contributed by atoms with E-state index in [9.17, 15) is 9.90 Å². The molecule has 0 saturated carbocycles. The molecule has 3 aromatic rings. The minimum atomic E-state index is -0.947. The zero-order valence-electron chi connectivity index (χ0n) is 19.9. The number of aliphatic hydroxyl groups excluding tert-OH is 1. The lowest BCUT2D eigenvalue weighted by atomic mass is 9.93. The maximum absolute atomic E-state index is 12.1. The van der Waals surface area contributed by atoms with Gasteiger partial charge >= 0.3 is 0 Å². The Balaban J connectivity index is 1.36. The van der Waals surface area contributed by atoms with Gasteiger partial charge in [0.15, 0.2) is 33.6 Å². The summed E-state index contributed by atoms with van der Waals surface area (Å²) in [6.45, 7) is 4.69. The number of piperidine rings is 1. The Morgan fingerprint density at radius 2 is 1.97 bits per heavy atom. The van der Waals surface area contributed by atoms with Gasteiger partial charge in [0, 0.05) is 24.5 Å². The number of nitrogens with two attached hydrogens (primary N) is 1. The Morgan fingerprint density at radius 1 is 1.26 bits per heavy atom. The standard InChI is InChI=1S/C23H29BN6O4S/c1-13(31)22(32)29-5-2-14(3-6-29)4-7-30-21-19(20(25)26-12-27-21)28-23(30)35-18-11-17-16(10-15(18)24)33-8-9-34-17/h10-14,31H,2-9,24H2,1H3,(H2,25,26,27)/t13-/m1/s1. The minimum Gasteiger partial charge on any atom is -0.486 e. The quantitative estimate of drug-likeness (QED) is 0.472. The summed E-state index contributed by atoms with van der Waals surface area (Å²) in [5.41, 5.74) is 8.52. The number of likely N-dealkylation sites (tertiary alicyclic amines) is 1. The van der Waals surface area contributed by atoms with E-state index >= 15 is 0 Å². The third-order valence-corrected chi connectivity index (χ3v) is 7.76. The van der Waals surface area contributed by atoms with Gasteiger partial charge in [0.2, 0.25) is 0 Å². The first-order chi connectivity index (χ1) is 16.9. The molecule has 1 aromatic carbocycles. The second kappa shape index (κ2) is 9.94. The highest BCUT2D eigenvalue weighted by Gasteiger charge is 2.26. The highest BCUT2D eigenvalue weighted by molar-refractivity contribution is 7.99. The van der Waals surface area contributed by atoms with Gasteiger partial charge < -0.3 is 29.8 Å². The predicted octanol–water partition coefficient (Wildman–Crippen LogP) is 0.599. The van der Waals surface area contributed by atoms with E-state index in [4.69, 9.17) is 20.2 Å². The highest BCUT2D eigenvalue weighted by Crippen LogP contribution is 2.37. The first kappa shape index (κ1) is 23.7. The normalized spacial score (nSPS) is 17.0. The molecule has 0 spiro atoms. The van der Waals surface area contributed by atoms with Crippen molar-refractivity contribution in [3.63, 3.8) is 0 Å². The average molecular weight is 496 g/mol. The minimum absolute atomic E-state index is 0.190. The first-order valence-corrected chi connectivity index (χ1v) is 12.7. The molecule has 1 amide bonds. The van der Waals surface area contributed by atoms with Crippen molar-refractivity contribution in [2.24, 2.45) is 5.92 Å². The van der Waals surface area contributed by atoms with Crippen LogP contribution in [0.1, 0.15) is 26.2 Å². The number of ether oxygens (including phenoxy) is 2. The lowest BCUT2D eigenvalue weighted by Crippen LogP contribution is -2.43. The van der Waals surface area contributed by atoms with Crippen LogP contribution in [0.4, 0.5) is 5.82 Å². The molecule has 0 radical (unpaired) electrons. The Morgan fingerprint density at radius 3 is 2.69 bits per heavy atom. The third-order valence-electron chi connectivity index (χ3n) is 6.61. The summed E-state index contributed by atoms with van der Waals surface area (Å²) in [6, 6.07) is 4.00. The molecule has 12 heteroatoms. The van der Waals surface area contributed by atoms with Crippen LogP contribution in [0.5, 0.6) is 11.5 Å². The third kappa shape index (κ3) is 4.90. The molecule has 2 aliphatic heterocycles. The second-order valence-corrected chi connectivity index (χ2v) is 10.1. The number of anilines is 1. The van der Waals surface area contributed by atoms with E-state index in [0.29, 0.717) is 43.6 Å². The maximum Gasteiger partial charge on any atom is 0.251 e. The highest BCUT2D eigenvalue weighted by atomic mass is 32.2. The van der Waals surface area contributed by atoms with Gasteiger partial charge in [-0.25, -0.2) is 15.0 Å². The van der Waals surface area contributed by atoms with Crippen molar-refractivity contribution < 1.29 is 19.4 Å². The number of nitrogen functional groups attached to an aromatic ring is 1. The summed E-state index contributed by atoms with van der Waals surface area (Å²) in [4.78, 5) is 28.3. The fourth-order valence-electron chi connectivity index (χ4n) is 4.61. The van der Waals surface area contributed by atoms with Gasteiger partial charge in [-0.3, -0.25) is 4.79 Å². The van der Waals surface area contributed by atoms with Gasteiger partial charge in [-0.1, -0.05) is 17.2 Å². The summed E-state index contributed by atoms with van der Waals surface area (Å²) in [5.74, 6) is 2.15. The molecule has 2 aromatic heterocycles. The number of imidazole rings is 1. The first-order valence-electron chi connectivity index (χ1n) is 11.9. The van der Waals surface area contributed by atoms with E-state index < -0.39 is 6.10 Å². The number of nitrogens with zero attached hydrogens (tertiary/aromatic N) is 5. The molecular formula is C23H29BN6O4S. The Kier molecular flexibility index (Phi) is 6.74. The molecule has 0 unspecified atom stereocenters. The summed E-state index contributed by atoms with van der Waals surface area (Å²) in [7, 11) is 2.05. The SMILES string of the molecule is Bc1cc2c(cc1Sc1nc3c(N)ncnc3n1CCC1CCN(C(=O)[C@@H](C)O)CC1)OCCO2. The number of aromatic nitrogens is 4. The molecular weight excluding hydrogens is 467 g/mol. The molecule has 10 nitrogen and oxygen atoms in total. The number of aryl methyl sites for hydroxylation is 1. The van der Waals surface area contributed by atoms with Crippen LogP contribution in [0.15, 0.2) is 28.5 Å². The number of fused-ring (bicyclic) bond motifs is 2. The lowest BCUT2D eigenvalue weighted by molar-refractivity contribution is -0.140. The fraction of sp³-hybridized carbons (Fsp3) is 0.478. The van der Waals surface area contributed by atoms with Gasteiger partial charge in [0.1, 0.15) is 33.5 Å². The summed E-state index contributed by atoms with van der Waals surface area (Å²) >= 11 is 1.55. The lowest BCUT2D eigenvalue weighted by Gasteiger charge is -2.32. The molecule has 1 fully saturated rings. The van der Waals surface area contributed by atoms with Gasteiger partial charge in [0.25, 0.3) is 5.91 Å². The van der Waals surface area contributed by atoms with Crippen molar-refractivity contribution >= 4 is 48.0 Å². The van der Waals surface area contributed by atoms with Crippen LogP contribution in [-0.4, -0.2) is 75.7 Å². The van der Waals surface area contributed by atoms with Crippen LogP contribution >= 0.6 is 11.8 Å². The maximum atomic E-state index is 12.1. The van der Waals surface area contributed by atoms with Crippen LogP contribution < -0.4 is 20.7 Å². The number of carbonyl (C=O) groups is 1. The van der Waals surface area contributed by atoms with Gasteiger partial charge in [-0.15, -0.1) is 0 Å². The summed E-state index contributed by atoms with van der Waals surface area (Å²) in [6.07, 6.45) is 3.27. The molecule has 3 N–H and O–H groups in total. The van der Waals surface area contributed by atoms with Gasteiger partial charge in [0.05, 0.1) is 0 Å². The van der Waals surface area contributed by atoms with Crippen LogP contribution in [-0.2, 0) is 11.3 Å². The van der Waals surface area contributed by atoms with Crippen molar-refractivity contribution in [1.29, 1.82) is 0 Å². The van der Waals surface area contributed by atoms with Crippen LogP contribution in [0.2, 0.25) is 0 Å². The number of benzene rings is 1. The molecule has 0 bridgehead atoms. The molecule has 1 atom stereocenters. The summed E-state index contributed by atoms with van der Waals surface area (Å²) in [5, 5.41) is 10.4. The molecule has 35 heavy (non-hydrogen) atoms. The number of carbonyl (C=O) groups excluding carboxylic acids is 1. The monoisotopic (exact) mass is 496 g/mol. The topological polar surface area (TPSA) is 129 Å². The van der Waals surface area contributed by atoms with Crippen LogP contribution in [0.25, 0.3) is 11.2 Å². The van der Waals surface area contributed by atoms with Crippen molar-refractivity contribution in [3.8, 4) is 11.5 Å². The van der Waals surface area contributed by atoms with Gasteiger partial charge in [-0.05, 0) is 44.2 Å². The van der Waals surface area contributed by atoms with Crippen LogP contribution in [0, 0.1) is 5.92 Å². The summed E-state index contributed by atoms with van der Waals surface area (Å²) < 4.78 is 13.6. The van der Waals surface area contributed by atoms with Crippen molar-refractivity contribution in [3.05, 3.63) is 18.5 Å². The molecule has 2 aliphatic rings.